The van der Waals surface area contributed by atoms with Crippen molar-refractivity contribution in [3.63, 3.8) is 0 Å². The number of pyridine rings is 1. The molecule has 0 aliphatic carbocycles. The lowest BCUT2D eigenvalue weighted by molar-refractivity contribution is 0.461. The molecule has 0 fully saturated rings. The number of aromatic nitrogens is 1. The van der Waals surface area contributed by atoms with Crippen LogP contribution in [0.4, 0.5) is 0 Å². The minimum absolute atomic E-state index is 0.688. The van der Waals surface area contributed by atoms with Crippen LogP contribution in [0.25, 0.3) is 22.0 Å². The quantitative estimate of drug-likeness (QED) is 0.435. The molecule has 0 saturated heterocycles. The van der Waals surface area contributed by atoms with Crippen LogP contribution >= 0.6 is 0 Å². The van der Waals surface area contributed by atoms with Crippen LogP contribution in [0, 0.1) is 13.8 Å². The lowest BCUT2D eigenvalue weighted by Crippen LogP contribution is -2.11. The van der Waals surface area contributed by atoms with Crippen LogP contribution in [-0.2, 0) is 0 Å². The van der Waals surface area contributed by atoms with Gasteiger partial charge in [0.25, 0.3) is 0 Å². The topological polar surface area (TPSA) is 31.4 Å². The van der Waals surface area contributed by atoms with E-state index in [0.717, 1.165) is 33.7 Å². The van der Waals surface area contributed by atoms with Gasteiger partial charge in [0.2, 0.25) is 0 Å². The summed E-state index contributed by atoms with van der Waals surface area (Å²) in [4.78, 5) is 4.65. The van der Waals surface area contributed by atoms with Crippen LogP contribution in [0.3, 0.4) is 0 Å². The first-order valence-corrected chi connectivity index (χ1v) is 9.82. The average molecular weight is 368 g/mol. The number of benzene rings is 3. The molecule has 0 bridgehead atoms. The Labute approximate surface area is 166 Å². The van der Waals surface area contributed by atoms with Gasteiger partial charge < -0.3 is 7.58 Å². The van der Waals surface area contributed by atoms with Crippen LogP contribution in [0.1, 0.15) is 11.3 Å². The first-order valence-electron chi connectivity index (χ1n) is 8.88. The Morgan fingerprint density at radius 3 is 2.37 bits per heavy atom. The molecule has 1 radical (unpaired) electrons. The zero-order valence-corrected chi connectivity index (χ0v) is 16.5. The standard InChI is InChI=1S/C12H10O.C11H11NO.Al/c13-12-8-4-7-11(9-12)10-5-2-1-3-6-10;1-7-6-8(2)12-11-9(7)4-3-5-10(11)13;/h1-9,13H;3-6,13H,1-2H3;/q;;+2/p-2. The predicted molar refractivity (Wildman–Crippen MR) is 110 cm³/mol. The zero-order chi connectivity index (χ0) is 18.6. The molecule has 0 unspecified atom stereocenters. The van der Waals surface area contributed by atoms with Crippen LogP contribution in [0.2, 0.25) is 0 Å². The molecule has 0 aliphatic rings. The van der Waals surface area contributed by atoms with Gasteiger partial charge in [0.15, 0.2) is 0 Å². The molecule has 4 heteroatoms. The summed E-state index contributed by atoms with van der Waals surface area (Å²) in [7, 11) is 0. The molecule has 0 N–H and O–H groups in total. The molecule has 0 atom stereocenters. The third-order valence-electron chi connectivity index (χ3n) is 4.44. The second-order valence-corrected chi connectivity index (χ2v) is 7.12. The summed E-state index contributed by atoms with van der Waals surface area (Å²) in [5.74, 6) is 1.58. The van der Waals surface area contributed by atoms with E-state index in [1.54, 1.807) is 0 Å². The van der Waals surface area contributed by atoms with E-state index in [1.807, 2.05) is 55.5 Å². The highest BCUT2D eigenvalue weighted by molar-refractivity contribution is 6.21. The van der Waals surface area contributed by atoms with Crippen LogP contribution in [0.15, 0.2) is 78.9 Å². The smallest absolute Gasteiger partial charge is 0.616 e. The summed E-state index contributed by atoms with van der Waals surface area (Å²) in [6.07, 6.45) is 0. The fourth-order valence-corrected chi connectivity index (χ4v) is 3.76. The number of hydrogen-bond donors (Lipinski definition) is 0. The molecule has 0 aliphatic heterocycles. The van der Waals surface area contributed by atoms with Crippen LogP contribution < -0.4 is 7.58 Å². The molecule has 0 saturated carbocycles. The maximum absolute atomic E-state index is 5.98. The van der Waals surface area contributed by atoms with Gasteiger partial charge in [-0.15, -0.1) is 0 Å². The van der Waals surface area contributed by atoms with E-state index < -0.39 is 15.9 Å². The highest BCUT2D eigenvalue weighted by atomic mass is 27.2. The van der Waals surface area contributed by atoms with Gasteiger partial charge in [-0.3, -0.25) is 0 Å². The van der Waals surface area contributed by atoms with E-state index in [1.165, 1.54) is 11.1 Å². The van der Waals surface area contributed by atoms with Crippen molar-refractivity contribution in [3.05, 3.63) is 90.1 Å². The molecule has 131 valence electrons. The van der Waals surface area contributed by atoms with Gasteiger partial charge in [-0.25, -0.2) is 4.98 Å². The number of hydrogen-bond acceptors (Lipinski definition) is 3. The molecule has 4 aromatic rings. The maximum Gasteiger partial charge on any atom is 0.881 e. The summed E-state index contributed by atoms with van der Waals surface area (Å²) >= 11 is -0.688. The summed E-state index contributed by atoms with van der Waals surface area (Å²) in [5.41, 5.74) is 5.38. The zero-order valence-electron chi connectivity index (χ0n) is 15.3. The van der Waals surface area contributed by atoms with E-state index in [9.17, 15) is 0 Å². The lowest BCUT2D eigenvalue weighted by Gasteiger charge is -2.12. The average Bonchev–Trinajstić information content (AvgIpc) is 2.69. The van der Waals surface area contributed by atoms with Gasteiger partial charge in [-0.05, 0) is 54.8 Å². The maximum atomic E-state index is 5.98. The Morgan fingerprint density at radius 1 is 0.741 bits per heavy atom. The Bertz CT molecular complexity index is 1080. The SMILES string of the molecule is Cc1cc(C)c2cccc([O][Al][O]c3cccc(-c4ccccc4)c3)c2n1. The van der Waals surface area contributed by atoms with Crippen LogP contribution in [0.5, 0.6) is 11.5 Å². The summed E-state index contributed by atoms with van der Waals surface area (Å²) < 4.78 is 11.9. The number of rotatable bonds is 5. The summed E-state index contributed by atoms with van der Waals surface area (Å²) in [5, 5.41) is 1.11. The second kappa shape index (κ2) is 7.84. The summed E-state index contributed by atoms with van der Waals surface area (Å²) in [6.45, 7) is 4.10. The van der Waals surface area contributed by atoms with Crippen molar-refractivity contribution >= 4 is 26.8 Å². The van der Waals surface area contributed by atoms with E-state index in [4.69, 9.17) is 7.58 Å². The van der Waals surface area contributed by atoms with Crippen molar-refractivity contribution < 1.29 is 7.58 Å². The molecule has 3 nitrogen and oxygen atoms in total. The van der Waals surface area contributed by atoms with Gasteiger partial charge in [0, 0.05) is 11.1 Å². The van der Waals surface area contributed by atoms with Gasteiger partial charge in [-0.1, -0.05) is 54.6 Å². The monoisotopic (exact) mass is 368 g/mol. The van der Waals surface area contributed by atoms with Gasteiger partial charge in [0.1, 0.15) is 11.3 Å². The minimum Gasteiger partial charge on any atom is -0.616 e. The fraction of sp³-hybridized carbons (Fsp3) is 0.0870. The fourth-order valence-electron chi connectivity index (χ4n) is 3.16. The summed E-state index contributed by atoms with van der Waals surface area (Å²) in [6, 6.07) is 26.5. The second-order valence-electron chi connectivity index (χ2n) is 6.46. The Kier molecular flexibility index (Phi) is 5.11. The molecule has 0 amide bonds. The Hall–Kier alpha value is -2.80. The Morgan fingerprint density at radius 2 is 1.52 bits per heavy atom. The van der Waals surface area contributed by atoms with E-state index in [0.29, 0.717) is 0 Å². The molecular formula is C23H19AlNO2. The van der Waals surface area contributed by atoms with Crippen molar-refractivity contribution in [2.75, 3.05) is 0 Å². The van der Waals surface area contributed by atoms with E-state index in [2.05, 4.69) is 42.2 Å². The normalized spacial score (nSPS) is 10.6. The van der Waals surface area contributed by atoms with E-state index >= 15 is 0 Å². The van der Waals surface area contributed by atoms with Crippen molar-refractivity contribution in [3.8, 4) is 22.6 Å². The van der Waals surface area contributed by atoms with Crippen molar-refractivity contribution in [2.24, 2.45) is 0 Å². The van der Waals surface area contributed by atoms with Crippen molar-refractivity contribution in [1.82, 2.24) is 4.98 Å². The predicted octanol–water partition coefficient (Wildman–Crippen LogP) is 5.51. The molecule has 0 spiro atoms. The molecule has 27 heavy (non-hydrogen) atoms. The van der Waals surface area contributed by atoms with Crippen molar-refractivity contribution in [2.45, 2.75) is 13.8 Å². The molecule has 1 aromatic heterocycles. The molecule has 1 heterocycles. The first-order chi connectivity index (χ1) is 13.2. The first kappa shape index (κ1) is 17.6. The minimum atomic E-state index is -0.688. The lowest BCUT2D eigenvalue weighted by atomic mass is 10.1. The Balaban J connectivity index is 1.50. The van der Waals surface area contributed by atoms with E-state index in [-0.39, 0.29) is 0 Å². The number of nitrogens with zero attached hydrogens (tertiary/aromatic N) is 1. The number of para-hydroxylation sites is 1. The largest absolute Gasteiger partial charge is 0.881 e. The molecule has 4 rings (SSSR count). The molecule has 3 aromatic carbocycles. The number of aryl methyl sites for hydroxylation is 2. The van der Waals surface area contributed by atoms with Gasteiger partial charge >= 0.3 is 15.9 Å². The highest BCUT2D eigenvalue weighted by Crippen LogP contribution is 2.27. The van der Waals surface area contributed by atoms with Crippen LogP contribution in [-0.4, -0.2) is 20.9 Å². The highest BCUT2D eigenvalue weighted by Gasteiger charge is 2.11. The number of fused-ring (bicyclic) bond motifs is 1. The molecular weight excluding hydrogens is 349 g/mol. The van der Waals surface area contributed by atoms with Gasteiger partial charge in [-0.2, -0.15) is 0 Å². The van der Waals surface area contributed by atoms with Gasteiger partial charge in [0.05, 0.1) is 5.75 Å². The third-order valence-corrected chi connectivity index (χ3v) is 5.16. The van der Waals surface area contributed by atoms with Crippen molar-refractivity contribution in [1.29, 1.82) is 0 Å². The third kappa shape index (κ3) is 3.98.